The van der Waals surface area contributed by atoms with Crippen molar-refractivity contribution >= 4 is 5.97 Å². The van der Waals surface area contributed by atoms with Crippen molar-refractivity contribution < 1.29 is 9.90 Å². The zero-order chi connectivity index (χ0) is 11.3. The minimum absolute atomic E-state index is 0.108. The van der Waals surface area contributed by atoms with E-state index < -0.39 is 5.97 Å². The fourth-order valence-electron chi connectivity index (χ4n) is 1.54. The van der Waals surface area contributed by atoms with Gasteiger partial charge in [0.15, 0.2) is 0 Å². The maximum atomic E-state index is 10.7. The van der Waals surface area contributed by atoms with E-state index in [9.17, 15) is 4.79 Å². The lowest BCUT2D eigenvalue weighted by Crippen LogP contribution is -2.29. The molecule has 2 N–H and O–H groups in total. The number of carboxylic acids is 1. The normalized spacial score (nSPS) is 12.7. The van der Waals surface area contributed by atoms with Crippen molar-refractivity contribution in [1.29, 1.82) is 0 Å². The molecule has 1 rings (SSSR count). The monoisotopic (exact) mass is 207 g/mol. The number of carboxylic acid groups (broad SMARTS) is 1. The van der Waals surface area contributed by atoms with Crippen LogP contribution in [0.4, 0.5) is 0 Å². The van der Waals surface area contributed by atoms with Gasteiger partial charge in [-0.1, -0.05) is 44.2 Å². The van der Waals surface area contributed by atoms with Crippen molar-refractivity contribution in [2.24, 2.45) is 0 Å². The Morgan fingerprint density at radius 2 is 1.93 bits per heavy atom. The van der Waals surface area contributed by atoms with Crippen LogP contribution in [0.15, 0.2) is 30.3 Å². The first-order valence-corrected chi connectivity index (χ1v) is 5.12. The first-order chi connectivity index (χ1) is 7.09. The Hall–Kier alpha value is -1.35. The van der Waals surface area contributed by atoms with Gasteiger partial charge in [0.2, 0.25) is 0 Å². The molecular weight excluding hydrogens is 190 g/mol. The Labute approximate surface area is 90.1 Å². The molecule has 0 aromatic heterocycles. The minimum atomic E-state index is -0.781. The van der Waals surface area contributed by atoms with Gasteiger partial charge in [-0.05, 0) is 5.56 Å². The first-order valence-electron chi connectivity index (χ1n) is 5.12. The van der Waals surface area contributed by atoms with Crippen molar-refractivity contribution in [2.45, 2.75) is 32.4 Å². The Balaban J connectivity index is 2.76. The molecule has 0 heterocycles. The van der Waals surface area contributed by atoms with Crippen LogP contribution in [0.5, 0.6) is 0 Å². The lowest BCUT2D eigenvalue weighted by Gasteiger charge is -2.19. The molecule has 3 nitrogen and oxygen atoms in total. The molecule has 3 heteroatoms. The van der Waals surface area contributed by atoms with E-state index in [0.29, 0.717) is 0 Å². The Morgan fingerprint density at radius 3 is 2.40 bits per heavy atom. The van der Waals surface area contributed by atoms with Crippen LogP contribution in [0.1, 0.15) is 31.9 Å². The maximum Gasteiger partial charge on any atom is 0.305 e. The van der Waals surface area contributed by atoms with Gasteiger partial charge in [-0.25, -0.2) is 0 Å². The summed E-state index contributed by atoms with van der Waals surface area (Å²) in [7, 11) is 0. The highest BCUT2D eigenvalue weighted by atomic mass is 16.4. The lowest BCUT2D eigenvalue weighted by molar-refractivity contribution is -0.137. The van der Waals surface area contributed by atoms with E-state index in [1.54, 1.807) is 0 Å². The number of hydrogen-bond acceptors (Lipinski definition) is 2. The van der Waals surface area contributed by atoms with Crippen LogP contribution in [0.3, 0.4) is 0 Å². The quantitative estimate of drug-likeness (QED) is 0.778. The summed E-state index contributed by atoms with van der Waals surface area (Å²) in [6.07, 6.45) is 0.113. The van der Waals surface area contributed by atoms with Crippen LogP contribution >= 0.6 is 0 Å². The molecule has 82 valence electrons. The van der Waals surface area contributed by atoms with Gasteiger partial charge in [-0.3, -0.25) is 4.79 Å². The van der Waals surface area contributed by atoms with Crippen LogP contribution in [-0.2, 0) is 4.79 Å². The summed E-state index contributed by atoms with van der Waals surface area (Å²) in [6.45, 7) is 4.02. The minimum Gasteiger partial charge on any atom is -0.481 e. The molecule has 0 saturated carbocycles. The third kappa shape index (κ3) is 4.13. The van der Waals surface area contributed by atoms with Crippen molar-refractivity contribution in [3.63, 3.8) is 0 Å². The Morgan fingerprint density at radius 1 is 1.33 bits per heavy atom. The summed E-state index contributed by atoms with van der Waals surface area (Å²) in [6, 6.07) is 9.83. The molecule has 0 saturated heterocycles. The van der Waals surface area contributed by atoms with E-state index in [0.717, 1.165) is 5.56 Å². The predicted molar refractivity (Wildman–Crippen MR) is 59.7 cm³/mol. The molecule has 15 heavy (non-hydrogen) atoms. The number of benzene rings is 1. The smallest absolute Gasteiger partial charge is 0.305 e. The van der Waals surface area contributed by atoms with E-state index in [-0.39, 0.29) is 18.5 Å². The van der Waals surface area contributed by atoms with E-state index in [1.165, 1.54) is 0 Å². The highest BCUT2D eigenvalue weighted by Crippen LogP contribution is 2.16. The molecule has 0 radical (unpaired) electrons. The van der Waals surface area contributed by atoms with E-state index in [2.05, 4.69) is 5.32 Å². The van der Waals surface area contributed by atoms with Crippen molar-refractivity contribution in [3.05, 3.63) is 35.9 Å². The van der Waals surface area contributed by atoms with Gasteiger partial charge >= 0.3 is 5.97 Å². The second-order valence-corrected chi connectivity index (χ2v) is 3.88. The van der Waals surface area contributed by atoms with Crippen LogP contribution < -0.4 is 5.32 Å². The zero-order valence-electron chi connectivity index (χ0n) is 9.10. The van der Waals surface area contributed by atoms with Gasteiger partial charge < -0.3 is 10.4 Å². The van der Waals surface area contributed by atoms with Crippen LogP contribution in [0, 0.1) is 0 Å². The van der Waals surface area contributed by atoms with Crippen LogP contribution in [-0.4, -0.2) is 17.1 Å². The van der Waals surface area contributed by atoms with Gasteiger partial charge in [0.05, 0.1) is 6.42 Å². The standard InChI is InChI=1S/C12H17NO2/c1-9(2)13-11(8-12(14)15)10-6-4-3-5-7-10/h3-7,9,11,13H,8H2,1-2H3,(H,14,15)/t11-/m1/s1. The van der Waals surface area contributed by atoms with E-state index in [1.807, 2.05) is 44.2 Å². The summed E-state index contributed by atoms with van der Waals surface area (Å²) in [5, 5.41) is 12.1. The molecule has 0 unspecified atom stereocenters. The largest absolute Gasteiger partial charge is 0.481 e. The summed E-state index contributed by atoms with van der Waals surface area (Å²) < 4.78 is 0. The van der Waals surface area contributed by atoms with Gasteiger partial charge in [0, 0.05) is 12.1 Å². The summed E-state index contributed by atoms with van der Waals surface area (Å²) >= 11 is 0. The first kappa shape index (κ1) is 11.7. The summed E-state index contributed by atoms with van der Waals surface area (Å²) in [5.74, 6) is -0.781. The highest BCUT2D eigenvalue weighted by molar-refractivity contribution is 5.67. The molecule has 0 spiro atoms. The summed E-state index contributed by atoms with van der Waals surface area (Å²) in [5.41, 5.74) is 1.02. The van der Waals surface area contributed by atoms with Gasteiger partial charge in [-0.2, -0.15) is 0 Å². The molecule has 1 atom stereocenters. The molecule has 0 amide bonds. The predicted octanol–water partition coefficient (Wildman–Crippen LogP) is 2.20. The third-order valence-corrected chi connectivity index (χ3v) is 2.12. The summed E-state index contributed by atoms with van der Waals surface area (Å²) in [4.78, 5) is 10.7. The number of rotatable bonds is 5. The van der Waals surface area contributed by atoms with E-state index >= 15 is 0 Å². The Kier molecular flexibility index (Phi) is 4.31. The van der Waals surface area contributed by atoms with Crippen molar-refractivity contribution in [2.75, 3.05) is 0 Å². The third-order valence-electron chi connectivity index (χ3n) is 2.12. The molecular formula is C12H17NO2. The number of aliphatic carboxylic acids is 1. The molecule has 1 aromatic carbocycles. The molecule has 0 bridgehead atoms. The topological polar surface area (TPSA) is 49.3 Å². The number of hydrogen-bond donors (Lipinski definition) is 2. The molecule has 1 aromatic rings. The number of nitrogens with one attached hydrogen (secondary N) is 1. The highest BCUT2D eigenvalue weighted by Gasteiger charge is 2.15. The molecule has 0 aliphatic carbocycles. The van der Waals surface area contributed by atoms with E-state index in [4.69, 9.17) is 5.11 Å². The number of carbonyl (C=O) groups is 1. The zero-order valence-corrected chi connectivity index (χ0v) is 9.10. The molecule has 0 fully saturated rings. The second-order valence-electron chi connectivity index (χ2n) is 3.88. The van der Waals surface area contributed by atoms with Crippen LogP contribution in [0.25, 0.3) is 0 Å². The average Bonchev–Trinajstić information content (AvgIpc) is 2.17. The maximum absolute atomic E-state index is 10.7. The average molecular weight is 207 g/mol. The molecule has 0 aliphatic heterocycles. The van der Waals surface area contributed by atoms with Crippen molar-refractivity contribution in [1.82, 2.24) is 5.32 Å². The van der Waals surface area contributed by atoms with Gasteiger partial charge in [-0.15, -0.1) is 0 Å². The fourth-order valence-corrected chi connectivity index (χ4v) is 1.54. The SMILES string of the molecule is CC(C)N[C@H](CC(=O)O)c1ccccc1. The molecule has 0 aliphatic rings. The van der Waals surface area contributed by atoms with Crippen molar-refractivity contribution in [3.8, 4) is 0 Å². The Bertz CT molecular complexity index is 309. The fraction of sp³-hybridized carbons (Fsp3) is 0.417. The van der Waals surface area contributed by atoms with Gasteiger partial charge in [0.1, 0.15) is 0 Å². The van der Waals surface area contributed by atoms with Crippen LogP contribution in [0.2, 0.25) is 0 Å². The van der Waals surface area contributed by atoms with Gasteiger partial charge in [0.25, 0.3) is 0 Å². The second kappa shape index (κ2) is 5.51. The lowest BCUT2D eigenvalue weighted by atomic mass is 10.0.